The molecule has 136 valence electrons. The van der Waals surface area contributed by atoms with Crippen molar-refractivity contribution in [1.82, 2.24) is 10.2 Å². The molecular formula is C20H34N2O2. The topological polar surface area (TPSA) is 52.6 Å². The van der Waals surface area contributed by atoms with Crippen molar-refractivity contribution in [2.75, 3.05) is 26.7 Å². The van der Waals surface area contributed by atoms with Gasteiger partial charge in [-0.1, -0.05) is 58.0 Å². The maximum atomic E-state index is 11.3. The lowest BCUT2D eigenvalue weighted by molar-refractivity contribution is -0.142. The van der Waals surface area contributed by atoms with E-state index < -0.39 is 5.97 Å². The van der Waals surface area contributed by atoms with Crippen LogP contribution in [0.25, 0.3) is 0 Å². The Morgan fingerprint density at radius 3 is 2.42 bits per heavy atom. The second-order valence-corrected chi connectivity index (χ2v) is 8.12. The van der Waals surface area contributed by atoms with Crippen molar-refractivity contribution in [1.29, 1.82) is 0 Å². The van der Waals surface area contributed by atoms with Gasteiger partial charge in [-0.3, -0.25) is 4.79 Å². The minimum Gasteiger partial charge on any atom is -0.481 e. The predicted octanol–water partition coefficient (Wildman–Crippen LogP) is 3.48. The van der Waals surface area contributed by atoms with E-state index in [0.29, 0.717) is 12.5 Å². The van der Waals surface area contributed by atoms with Crippen molar-refractivity contribution in [3.05, 3.63) is 35.9 Å². The van der Waals surface area contributed by atoms with Crippen LogP contribution in [0.1, 0.15) is 39.7 Å². The molecule has 0 radical (unpaired) electrons. The lowest BCUT2D eigenvalue weighted by Crippen LogP contribution is -2.41. The largest absolute Gasteiger partial charge is 0.481 e. The molecule has 2 N–H and O–H groups in total. The zero-order valence-electron chi connectivity index (χ0n) is 15.9. The first-order valence-corrected chi connectivity index (χ1v) is 8.85. The summed E-state index contributed by atoms with van der Waals surface area (Å²) in [6.07, 6.45) is 0.719. The van der Waals surface area contributed by atoms with Crippen LogP contribution >= 0.6 is 0 Å². The SMILES string of the molecule is CC(C)CC(CNCC(C)(C)CN(C)Cc1ccccc1)C(=O)O. The fraction of sp³-hybridized carbons (Fsp3) is 0.650. The lowest BCUT2D eigenvalue weighted by atomic mass is 9.91. The molecule has 0 saturated heterocycles. The number of rotatable bonds is 11. The molecule has 0 bridgehead atoms. The highest BCUT2D eigenvalue weighted by molar-refractivity contribution is 5.70. The molecule has 4 heteroatoms. The van der Waals surface area contributed by atoms with Gasteiger partial charge in [-0.2, -0.15) is 0 Å². The van der Waals surface area contributed by atoms with Crippen molar-refractivity contribution in [2.24, 2.45) is 17.3 Å². The maximum absolute atomic E-state index is 11.3. The molecule has 0 aliphatic rings. The fourth-order valence-electron chi connectivity index (χ4n) is 3.16. The lowest BCUT2D eigenvalue weighted by Gasteiger charge is -2.31. The number of carboxylic acid groups (broad SMARTS) is 1. The second-order valence-electron chi connectivity index (χ2n) is 8.12. The summed E-state index contributed by atoms with van der Waals surface area (Å²) in [5.74, 6) is -0.601. The van der Waals surface area contributed by atoms with Gasteiger partial charge >= 0.3 is 5.97 Å². The highest BCUT2D eigenvalue weighted by atomic mass is 16.4. The molecule has 0 aliphatic carbocycles. The Kier molecular flexibility index (Phi) is 8.43. The van der Waals surface area contributed by atoms with Gasteiger partial charge in [0.15, 0.2) is 0 Å². The number of carbonyl (C=O) groups is 1. The van der Waals surface area contributed by atoms with Crippen LogP contribution < -0.4 is 5.32 Å². The Balaban J connectivity index is 2.40. The van der Waals surface area contributed by atoms with E-state index in [2.05, 4.69) is 69.2 Å². The van der Waals surface area contributed by atoms with Crippen molar-refractivity contribution < 1.29 is 9.90 Å². The molecule has 0 aliphatic heterocycles. The van der Waals surface area contributed by atoms with Gasteiger partial charge in [0.1, 0.15) is 0 Å². The summed E-state index contributed by atoms with van der Waals surface area (Å²) < 4.78 is 0. The molecule has 1 aromatic rings. The summed E-state index contributed by atoms with van der Waals surface area (Å²) in [5.41, 5.74) is 1.40. The first-order chi connectivity index (χ1) is 11.2. The van der Waals surface area contributed by atoms with Crippen molar-refractivity contribution in [2.45, 2.75) is 40.7 Å². The molecule has 1 rings (SSSR count). The molecule has 4 nitrogen and oxygen atoms in total. The molecule has 1 unspecified atom stereocenters. The van der Waals surface area contributed by atoms with E-state index in [1.54, 1.807) is 0 Å². The Bertz CT molecular complexity index is 486. The molecule has 1 atom stereocenters. The molecule has 0 aromatic heterocycles. The highest BCUT2D eigenvalue weighted by Crippen LogP contribution is 2.17. The van der Waals surface area contributed by atoms with Gasteiger partial charge in [0.25, 0.3) is 0 Å². The van der Waals surface area contributed by atoms with E-state index in [4.69, 9.17) is 0 Å². The van der Waals surface area contributed by atoms with E-state index in [-0.39, 0.29) is 11.3 Å². The van der Waals surface area contributed by atoms with E-state index in [1.807, 2.05) is 6.07 Å². The van der Waals surface area contributed by atoms with Crippen LogP contribution in [0.15, 0.2) is 30.3 Å². The first-order valence-electron chi connectivity index (χ1n) is 8.85. The number of hydrogen-bond acceptors (Lipinski definition) is 3. The fourth-order valence-corrected chi connectivity index (χ4v) is 3.16. The van der Waals surface area contributed by atoms with Crippen LogP contribution in [0.2, 0.25) is 0 Å². The summed E-state index contributed by atoms with van der Waals surface area (Å²) in [6, 6.07) is 10.5. The number of nitrogens with zero attached hydrogens (tertiary/aromatic N) is 1. The number of nitrogens with one attached hydrogen (secondary N) is 1. The molecular weight excluding hydrogens is 300 g/mol. The van der Waals surface area contributed by atoms with Gasteiger partial charge in [-0.25, -0.2) is 0 Å². The minimum atomic E-state index is -0.699. The van der Waals surface area contributed by atoms with Crippen molar-refractivity contribution >= 4 is 5.97 Å². The summed E-state index contributed by atoms with van der Waals surface area (Å²) >= 11 is 0. The standard InChI is InChI=1S/C20H34N2O2/c1-16(2)11-18(19(23)24)12-21-14-20(3,4)15-22(5)13-17-9-7-6-8-10-17/h6-10,16,18,21H,11-15H2,1-5H3,(H,23,24). The average molecular weight is 335 g/mol. The van der Waals surface area contributed by atoms with Crippen LogP contribution in [0.3, 0.4) is 0 Å². The summed E-state index contributed by atoms with van der Waals surface area (Å²) in [6.45, 7) is 11.8. The van der Waals surface area contributed by atoms with E-state index in [0.717, 1.165) is 26.1 Å². The maximum Gasteiger partial charge on any atom is 0.307 e. The van der Waals surface area contributed by atoms with Crippen LogP contribution in [0.4, 0.5) is 0 Å². The van der Waals surface area contributed by atoms with Gasteiger partial charge in [-0.05, 0) is 30.4 Å². The quantitative estimate of drug-likeness (QED) is 0.650. The minimum absolute atomic E-state index is 0.0877. The molecule has 1 aromatic carbocycles. The van der Waals surface area contributed by atoms with E-state index in [1.165, 1.54) is 5.56 Å². The molecule has 24 heavy (non-hydrogen) atoms. The molecule has 0 spiro atoms. The van der Waals surface area contributed by atoms with Gasteiger partial charge in [-0.15, -0.1) is 0 Å². The van der Waals surface area contributed by atoms with E-state index in [9.17, 15) is 9.90 Å². The number of carboxylic acids is 1. The third kappa shape index (κ3) is 8.46. The number of benzene rings is 1. The second kappa shape index (κ2) is 9.80. The van der Waals surface area contributed by atoms with Gasteiger partial charge < -0.3 is 15.3 Å². The summed E-state index contributed by atoms with van der Waals surface area (Å²) in [7, 11) is 2.13. The molecule has 0 saturated carbocycles. The Morgan fingerprint density at radius 2 is 1.88 bits per heavy atom. The predicted molar refractivity (Wildman–Crippen MR) is 100 cm³/mol. The monoisotopic (exact) mass is 334 g/mol. The van der Waals surface area contributed by atoms with Crippen molar-refractivity contribution in [3.8, 4) is 0 Å². The van der Waals surface area contributed by atoms with Gasteiger partial charge in [0, 0.05) is 26.2 Å². The first kappa shape index (κ1) is 20.7. The molecule has 0 amide bonds. The summed E-state index contributed by atoms with van der Waals surface area (Å²) in [5, 5.41) is 12.7. The van der Waals surface area contributed by atoms with Crippen LogP contribution in [0, 0.1) is 17.3 Å². The average Bonchev–Trinajstić information content (AvgIpc) is 2.45. The number of aliphatic carboxylic acids is 1. The van der Waals surface area contributed by atoms with E-state index >= 15 is 0 Å². The highest BCUT2D eigenvalue weighted by Gasteiger charge is 2.23. The normalized spacial score (nSPS) is 13.5. The third-order valence-corrected chi connectivity index (χ3v) is 4.09. The zero-order valence-corrected chi connectivity index (χ0v) is 15.9. The number of hydrogen-bond donors (Lipinski definition) is 2. The zero-order chi connectivity index (χ0) is 18.2. The molecule has 0 heterocycles. The Morgan fingerprint density at radius 1 is 1.25 bits per heavy atom. The van der Waals surface area contributed by atoms with Crippen LogP contribution in [-0.2, 0) is 11.3 Å². The van der Waals surface area contributed by atoms with Crippen molar-refractivity contribution in [3.63, 3.8) is 0 Å². The molecule has 0 fully saturated rings. The smallest absolute Gasteiger partial charge is 0.307 e. The van der Waals surface area contributed by atoms with Gasteiger partial charge in [0.2, 0.25) is 0 Å². The third-order valence-electron chi connectivity index (χ3n) is 4.09. The Hall–Kier alpha value is -1.39. The van der Waals surface area contributed by atoms with Crippen LogP contribution in [-0.4, -0.2) is 42.7 Å². The van der Waals surface area contributed by atoms with Gasteiger partial charge in [0.05, 0.1) is 5.92 Å². The Labute approximate surface area is 147 Å². The van der Waals surface area contributed by atoms with Crippen LogP contribution in [0.5, 0.6) is 0 Å². The summed E-state index contributed by atoms with van der Waals surface area (Å²) in [4.78, 5) is 13.6.